The summed E-state index contributed by atoms with van der Waals surface area (Å²) in [5.41, 5.74) is 0.116. The predicted molar refractivity (Wildman–Crippen MR) is 89.2 cm³/mol. The Kier molecular flexibility index (Phi) is 4.65. The summed E-state index contributed by atoms with van der Waals surface area (Å²) in [6.07, 6.45) is -1.16. The fourth-order valence-electron chi connectivity index (χ4n) is 2.52. The van der Waals surface area contributed by atoms with Crippen molar-refractivity contribution in [2.45, 2.75) is 11.0 Å². The summed E-state index contributed by atoms with van der Waals surface area (Å²) in [6.45, 7) is -0.520. The van der Waals surface area contributed by atoms with Crippen molar-refractivity contribution in [2.75, 3.05) is 20.3 Å². The van der Waals surface area contributed by atoms with Crippen molar-refractivity contribution in [2.24, 2.45) is 0 Å². The van der Waals surface area contributed by atoms with Gasteiger partial charge in [-0.05, 0) is 36.4 Å². The number of methoxy groups -OCH3 is 1. The third kappa shape index (κ3) is 3.31. The molecule has 0 spiro atoms. The Morgan fingerprint density at radius 2 is 1.72 bits per heavy atom. The summed E-state index contributed by atoms with van der Waals surface area (Å²) in [5, 5.41) is 10.1. The van der Waals surface area contributed by atoms with Crippen LogP contribution in [0.4, 0.5) is 0 Å². The number of carbonyl (C=O) groups excluding carboxylic acids is 1. The highest BCUT2D eigenvalue weighted by molar-refractivity contribution is 7.90. The summed E-state index contributed by atoms with van der Waals surface area (Å²) in [5.74, 6) is 0.525. The van der Waals surface area contributed by atoms with E-state index in [0.29, 0.717) is 15.8 Å². The smallest absolute Gasteiger partial charge is 0.269 e. The molecule has 0 aliphatic carbocycles. The first kappa shape index (κ1) is 17.2. The lowest BCUT2D eigenvalue weighted by atomic mass is 10.2. The van der Waals surface area contributed by atoms with Gasteiger partial charge >= 0.3 is 0 Å². The van der Waals surface area contributed by atoms with Gasteiger partial charge in [-0.3, -0.25) is 4.79 Å². The molecule has 0 saturated heterocycles. The molecule has 1 aliphatic heterocycles. The maximum Gasteiger partial charge on any atom is 0.269 e. The van der Waals surface area contributed by atoms with Crippen LogP contribution in [0.5, 0.6) is 11.5 Å². The highest BCUT2D eigenvalue weighted by atomic mass is 32.2. The van der Waals surface area contributed by atoms with E-state index in [1.807, 2.05) is 0 Å². The lowest BCUT2D eigenvalue weighted by molar-refractivity contribution is 0.0687. The average Bonchev–Trinajstić information content (AvgIpc) is 2.82. The number of amides is 1. The molecule has 3 rings (SSSR count). The van der Waals surface area contributed by atoms with E-state index < -0.39 is 22.0 Å². The van der Waals surface area contributed by atoms with E-state index >= 15 is 0 Å². The second-order valence-electron chi connectivity index (χ2n) is 5.48. The molecule has 25 heavy (non-hydrogen) atoms. The van der Waals surface area contributed by atoms with E-state index in [1.165, 1.54) is 12.1 Å². The zero-order valence-corrected chi connectivity index (χ0v) is 14.3. The summed E-state index contributed by atoms with van der Waals surface area (Å²) < 4.78 is 36.0. The Morgan fingerprint density at radius 3 is 2.36 bits per heavy atom. The Morgan fingerprint density at radius 1 is 1.08 bits per heavy atom. The first-order valence-electron chi connectivity index (χ1n) is 7.54. The van der Waals surface area contributed by atoms with Crippen molar-refractivity contribution in [3.63, 3.8) is 0 Å². The summed E-state index contributed by atoms with van der Waals surface area (Å²) in [7, 11) is -2.38. The van der Waals surface area contributed by atoms with E-state index in [4.69, 9.17) is 9.47 Å². The lowest BCUT2D eigenvalue weighted by Gasteiger charge is -2.19. The van der Waals surface area contributed by atoms with Crippen LogP contribution < -0.4 is 9.47 Å². The third-order valence-corrected chi connectivity index (χ3v) is 5.60. The van der Waals surface area contributed by atoms with E-state index in [0.717, 1.165) is 0 Å². The number of sulfonamides is 1. The first-order valence-corrected chi connectivity index (χ1v) is 8.98. The van der Waals surface area contributed by atoms with Crippen LogP contribution >= 0.6 is 0 Å². The Labute approximate surface area is 145 Å². The number of aliphatic hydroxyl groups excluding tert-OH is 1. The second-order valence-corrected chi connectivity index (χ2v) is 7.31. The number of fused-ring (bicyclic) bond motifs is 1. The van der Waals surface area contributed by atoms with Gasteiger partial charge in [-0.2, -0.15) is 0 Å². The highest BCUT2D eigenvalue weighted by Gasteiger charge is 2.41. The summed E-state index contributed by atoms with van der Waals surface area (Å²) in [4.78, 5) is 12.2. The lowest BCUT2D eigenvalue weighted by Crippen LogP contribution is -2.39. The zero-order valence-electron chi connectivity index (χ0n) is 13.5. The van der Waals surface area contributed by atoms with Crippen LogP contribution in [0.15, 0.2) is 53.4 Å². The molecule has 0 fully saturated rings. The minimum absolute atomic E-state index is 0.0386. The molecule has 1 N–H and O–H groups in total. The van der Waals surface area contributed by atoms with Crippen LogP contribution in [-0.4, -0.2) is 50.1 Å². The van der Waals surface area contributed by atoms with Gasteiger partial charge < -0.3 is 14.6 Å². The molecule has 1 heterocycles. The van der Waals surface area contributed by atoms with Crippen LogP contribution in [-0.2, 0) is 10.0 Å². The van der Waals surface area contributed by atoms with Crippen LogP contribution in [0.2, 0.25) is 0 Å². The van der Waals surface area contributed by atoms with Crippen molar-refractivity contribution in [3.05, 3.63) is 54.1 Å². The molecule has 8 heteroatoms. The van der Waals surface area contributed by atoms with Gasteiger partial charge in [-0.25, -0.2) is 12.7 Å². The largest absolute Gasteiger partial charge is 0.497 e. The molecule has 0 saturated carbocycles. The Bertz CT molecular complexity index is 878. The van der Waals surface area contributed by atoms with E-state index in [9.17, 15) is 18.3 Å². The van der Waals surface area contributed by atoms with Crippen molar-refractivity contribution in [3.8, 4) is 11.5 Å². The van der Waals surface area contributed by atoms with Crippen molar-refractivity contribution >= 4 is 15.9 Å². The molecule has 0 aromatic heterocycles. The number of hydrogen-bond donors (Lipinski definition) is 1. The minimum Gasteiger partial charge on any atom is -0.497 e. The molecular weight excluding hydrogens is 346 g/mol. The fraction of sp³-hybridized carbons (Fsp3) is 0.235. The number of β-amino-alcohol motifs (C(OH)–C–C–N with tert-alkyl or cyclic N) is 1. The predicted octanol–water partition coefficient (Wildman–Crippen LogP) is 1.28. The number of hydrogen-bond acceptors (Lipinski definition) is 6. The van der Waals surface area contributed by atoms with Gasteiger partial charge in [0.1, 0.15) is 29.1 Å². The Balaban J connectivity index is 1.65. The number of carbonyl (C=O) groups is 1. The molecule has 0 radical (unpaired) electrons. The molecule has 1 amide bonds. The number of rotatable bonds is 6. The van der Waals surface area contributed by atoms with Gasteiger partial charge in [0.15, 0.2) is 0 Å². The summed E-state index contributed by atoms with van der Waals surface area (Å²) in [6, 6.07) is 12.7. The molecule has 0 unspecified atom stereocenters. The Hall–Kier alpha value is -2.58. The van der Waals surface area contributed by atoms with Gasteiger partial charge in [-0.15, -0.1) is 0 Å². The van der Waals surface area contributed by atoms with Gasteiger partial charge in [0, 0.05) is 0 Å². The van der Waals surface area contributed by atoms with Crippen molar-refractivity contribution < 1.29 is 27.8 Å². The first-order chi connectivity index (χ1) is 11.9. The maximum absolute atomic E-state index is 12.4. The highest BCUT2D eigenvalue weighted by Crippen LogP contribution is 2.30. The van der Waals surface area contributed by atoms with Gasteiger partial charge in [-0.1, -0.05) is 12.1 Å². The SMILES string of the molecule is COc1ccc(OC[C@@H](O)CN2C(=O)c3ccccc3S2(=O)=O)cc1. The van der Waals surface area contributed by atoms with E-state index in [-0.39, 0.29) is 23.6 Å². The molecule has 1 atom stereocenters. The topological polar surface area (TPSA) is 93.1 Å². The van der Waals surface area contributed by atoms with Crippen molar-refractivity contribution in [1.29, 1.82) is 0 Å². The van der Waals surface area contributed by atoms with Crippen LogP contribution in [0.1, 0.15) is 10.4 Å². The minimum atomic E-state index is -3.93. The summed E-state index contributed by atoms with van der Waals surface area (Å²) >= 11 is 0. The van der Waals surface area contributed by atoms with Crippen molar-refractivity contribution in [1.82, 2.24) is 4.31 Å². The molecule has 132 valence electrons. The standard InChI is InChI=1S/C17H17NO6S/c1-23-13-6-8-14(9-7-13)24-11-12(19)10-18-17(20)15-4-2-3-5-16(15)25(18,21)22/h2-9,12,19H,10-11H2,1H3/t12-/m0/s1. The van der Waals surface area contributed by atoms with Gasteiger partial charge in [0.25, 0.3) is 15.9 Å². The number of ether oxygens (including phenoxy) is 2. The van der Waals surface area contributed by atoms with Crippen LogP contribution in [0, 0.1) is 0 Å². The molecule has 0 bridgehead atoms. The zero-order chi connectivity index (χ0) is 18.0. The maximum atomic E-state index is 12.4. The van der Waals surface area contributed by atoms with Gasteiger partial charge in [0.05, 0.1) is 19.2 Å². The second kappa shape index (κ2) is 6.73. The van der Waals surface area contributed by atoms with E-state index in [2.05, 4.69) is 0 Å². The number of aliphatic hydroxyl groups is 1. The third-order valence-electron chi connectivity index (χ3n) is 3.79. The molecular formula is C17H17NO6S. The molecule has 2 aromatic rings. The molecule has 1 aliphatic rings. The average molecular weight is 363 g/mol. The molecule has 2 aromatic carbocycles. The van der Waals surface area contributed by atoms with Crippen LogP contribution in [0.25, 0.3) is 0 Å². The number of benzene rings is 2. The quantitative estimate of drug-likeness (QED) is 0.831. The molecule has 7 nitrogen and oxygen atoms in total. The number of nitrogens with zero attached hydrogens (tertiary/aromatic N) is 1. The van der Waals surface area contributed by atoms with E-state index in [1.54, 1.807) is 43.5 Å². The van der Waals surface area contributed by atoms with Gasteiger partial charge in [0.2, 0.25) is 0 Å². The van der Waals surface area contributed by atoms with Crippen LogP contribution in [0.3, 0.4) is 0 Å². The fourth-order valence-corrected chi connectivity index (χ4v) is 4.13. The monoisotopic (exact) mass is 363 g/mol. The normalized spacial score (nSPS) is 16.4.